The van der Waals surface area contributed by atoms with Gasteiger partial charge in [0.15, 0.2) is 0 Å². The zero-order valence-electron chi connectivity index (χ0n) is 12.2. The number of ether oxygens (including phenoxy) is 1. The lowest BCUT2D eigenvalue weighted by molar-refractivity contribution is 0.0495. The molecule has 1 aromatic heterocycles. The molecule has 21 heavy (non-hydrogen) atoms. The van der Waals surface area contributed by atoms with E-state index in [1.165, 1.54) is 12.4 Å². The first-order valence-electron chi connectivity index (χ1n) is 6.54. The smallest absolute Gasteiger partial charge is 0.407 e. The number of nitrogens with zero attached hydrogens (tertiary/aromatic N) is 3. The van der Waals surface area contributed by atoms with Crippen molar-refractivity contribution in [2.75, 3.05) is 18.0 Å². The van der Waals surface area contributed by atoms with E-state index in [4.69, 9.17) is 9.84 Å². The molecule has 8 nitrogen and oxygen atoms in total. The van der Waals surface area contributed by atoms with Crippen molar-refractivity contribution in [2.24, 2.45) is 0 Å². The monoisotopic (exact) mass is 294 g/mol. The van der Waals surface area contributed by atoms with E-state index in [1.54, 1.807) is 20.8 Å². The van der Waals surface area contributed by atoms with Gasteiger partial charge in [-0.3, -0.25) is 0 Å². The number of amides is 1. The molecule has 1 fully saturated rings. The van der Waals surface area contributed by atoms with Crippen LogP contribution in [0.4, 0.5) is 10.7 Å². The molecule has 2 heterocycles. The second-order valence-electron chi connectivity index (χ2n) is 5.83. The van der Waals surface area contributed by atoms with Gasteiger partial charge in [-0.05, 0) is 20.8 Å². The molecule has 0 saturated carbocycles. The number of rotatable bonds is 3. The minimum absolute atomic E-state index is 0.0254. The van der Waals surface area contributed by atoms with Crippen molar-refractivity contribution in [1.29, 1.82) is 0 Å². The summed E-state index contributed by atoms with van der Waals surface area (Å²) in [5.41, 5.74) is -0.480. The van der Waals surface area contributed by atoms with Gasteiger partial charge < -0.3 is 20.1 Å². The zero-order chi connectivity index (χ0) is 15.6. The number of carboxylic acids is 1. The number of aromatic carboxylic acids is 1. The molecule has 0 unspecified atom stereocenters. The molecule has 1 aliphatic heterocycles. The summed E-state index contributed by atoms with van der Waals surface area (Å²) in [6, 6.07) is -0.0254. The second-order valence-corrected chi connectivity index (χ2v) is 5.83. The van der Waals surface area contributed by atoms with E-state index in [-0.39, 0.29) is 11.6 Å². The standard InChI is InChI=1S/C13H18N4O4/c1-13(2,3)21-12(20)16-9-6-17(7-9)11-14-4-8(5-15-11)10(18)19/h4-5,9H,6-7H2,1-3H3,(H,16,20)(H,18,19). The van der Waals surface area contributed by atoms with Crippen LogP contribution in [0.5, 0.6) is 0 Å². The first kappa shape index (κ1) is 15.0. The lowest BCUT2D eigenvalue weighted by Gasteiger charge is -2.39. The Morgan fingerprint density at radius 2 is 1.90 bits per heavy atom. The third kappa shape index (κ3) is 4.04. The molecule has 114 valence electrons. The van der Waals surface area contributed by atoms with Crippen LogP contribution in [-0.2, 0) is 4.74 Å². The lowest BCUT2D eigenvalue weighted by atomic mass is 10.1. The van der Waals surface area contributed by atoms with Crippen LogP contribution in [0.25, 0.3) is 0 Å². The van der Waals surface area contributed by atoms with Gasteiger partial charge in [0, 0.05) is 25.5 Å². The Morgan fingerprint density at radius 3 is 2.38 bits per heavy atom. The number of nitrogens with one attached hydrogen (secondary N) is 1. The normalized spacial score (nSPS) is 15.3. The van der Waals surface area contributed by atoms with Crippen LogP contribution in [0, 0.1) is 0 Å². The van der Waals surface area contributed by atoms with Crippen LogP contribution in [0.3, 0.4) is 0 Å². The van der Waals surface area contributed by atoms with Gasteiger partial charge in [0.25, 0.3) is 0 Å². The van der Waals surface area contributed by atoms with E-state index >= 15 is 0 Å². The molecular weight excluding hydrogens is 276 g/mol. The third-order valence-corrected chi connectivity index (χ3v) is 2.77. The van der Waals surface area contributed by atoms with Crippen molar-refractivity contribution in [3.63, 3.8) is 0 Å². The Kier molecular flexibility index (Phi) is 3.97. The summed E-state index contributed by atoms with van der Waals surface area (Å²) in [7, 11) is 0. The third-order valence-electron chi connectivity index (χ3n) is 2.77. The molecule has 1 aromatic rings. The Bertz CT molecular complexity index is 532. The molecule has 0 bridgehead atoms. The predicted molar refractivity (Wildman–Crippen MR) is 74.4 cm³/mol. The summed E-state index contributed by atoms with van der Waals surface area (Å²) in [5.74, 6) is -0.614. The number of aromatic nitrogens is 2. The van der Waals surface area contributed by atoms with Gasteiger partial charge in [-0.1, -0.05) is 0 Å². The summed E-state index contributed by atoms with van der Waals surface area (Å²) in [5, 5.41) is 11.5. The number of carboxylic acid groups (broad SMARTS) is 1. The number of hydrogen-bond donors (Lipinski definition) is 2. The number of alkyl carbamates (subject to hydrolysis) is 1. The highest BCUT2D eigenvalue weighted by molar-refractivity contribution is 5.86. The van der Waals surface area contributed by atoms with Gasteiger partial charge in [-0.15, -0.1) is 0 Å². The number of hydrogen-bond acceptors (Lipinski definition) is 6. The van der Waals surface area contributed by atoms with Crippen LogP contribution in [0.2, 0.25) is 0 Å². The Morgan fingerprint density at radius 1 is 1.33 bits per heavy atom. The van der Waals surface area contributed by atoms with Crippen molar-refractivity contribution < 1.29 is 19.4 Å². The highest BCUT2D eigenvalue weighted by Gasteiger charge is 2.31. The highest BCUT2D eigenvalue weighted by atomic mass is 16.6. The fourth-order valence-corrected chi connectivity index (χ4v) is 1.80. The molecule has 0 spiro atoms. The average Bonchev–Trinajstić information content (AvgIpc) is 2.31. The molecule has 0 radical (unpaired) electrons. The molecule has 0 atom stereocenters. The van der Waals surface area contributed by atoms with Crippen molar-refractivity contribution in [3.8, 4) is 0 Å². The minimum atomic E-state index is -1.06. The van der Waals surface area contributed by atoms with E-state index in [0.717, 1.165) is 0 Å². The molecule has 1 aliphatic rings. The van der Waals surface area contributed by atoms with Crippen LogP contribution >= 0.6 is 0 Å². The maximum Gasteiger partial charge on any atom is 0.407 e. The van der Waals surface area contributed by atoms with Crippen molar-refractivity contribution >= 4 is 18.0 Å². The molecule has 8 heteroatoms. The number of carbonyl (C=O) groups excluding carboxylic acids is 1. The van der Waals surface area contributed by atoms with E-state index in [9.17, 15) is 9.59 Å². The summed E-state index contributed by atoms with van der Waals surface area (Å²) in [6.07, 6.45) is 2.08. The highest BCUT2D eigenvalue weighted by Crippen LogP contribution is 2.16. The van der Waals surface area contributed by atoms with Gasteiger partial charge in [0.2, 0.25) is 5.95 Å². The Labute approximate surface area is 122 Å². The van der Waals surface area contributed by atoms with Gasteiger partial charge in [-0.2, -0.15) is 0 Å². The topological polar surface area (TPSA) is 105 Å². The summed E-state index contributed by atoms with van der Waals surface area (Å²) in [6.45, 7) is 6.53. The van der Waals surface area contributed by atoms with Crippen molar-refractivity contribution in [1.82, 2.24) is 15.3 Å². The molecule has 0 aliphatic carbocycles. The summed E-state index contributed by atoms with van der Waals surface area (Å²) < 4.78 is 5.16. The summed E-state index contributed by atoms with van der Waals surface area (Å²) in [4.78, 5) is 32.1. The Balaban J connectivity index is 1.81. The van der Waals surface area contributed by atoms with E-state index < -0.39 is 17.7 Å². The largest absolute Gasteiger partial charge is 0.478 e. The second kappa shape index (κ2) is 5.55. The molecule has 1 amide bonds. The lowest BCUT2D eigenvalue weighted by Crippen LogP contribution is -2.60. The fourth-order valence-electron chi connectivity index (χ4n) is 1.80. The van der Waals surface area contributed by atoms with E-state index in [1.807, 2.05) is 4.90 Å². The zero-order valence-corrected chi connectivity index (χ0v) is 12.2. The minimum Gasteiger partial charge on any atom is -0.478 e. The van der Waals surface area contributed by atoms with Gasteiger partial charge in [0.05, 0.1) is 11.6 Å². The molecule has 2 N–H and O–H groups in total. The Hall–Kier alpha value is -2.38. The van der Waals surface area contributed by atoms with Crippen molar-refractivity contribution in [3.05, 3.63) is 18.0 Å². The SMILES string of the molecule is CC(C)(C)OC(=O)NC1CN(c2ncc(C(=O)O)cn2)C1. The van der Waals surface area contributed by atoms with Crippen LogP contribution in [0.1, 0.15) is 31.1 Å². The number of anilines is 1. The first-order valence-corrected chi connectivity index (χ1v) is 6.54. The van der Waals surface area contributed by atoms with E-state index in [2.05, 4.69) is 15.3 Å². The van der Waals surface area contributed by atoms with Crippen LogP contribution in [0.15, 0.2) is 12.4 Å². The molecular formula is C13H18N4O4. The molecule has 0 aromatic carbocycles. The maximum atomic E-state index is 11.6. The quantitative estimate of drug-likeness (QED) is 0.852. The predicted octanol–water partition coefficient (Wildman–Crippen LogP) is 0.888. The molecule has 1 saturated heterocycles. The fraction of sp³-hybridized carbons (Fsp3) is 0.538. The number of carbonyl (C=O) groups is 2. The van der Waals surface area contributed by atoms with Gasteiger partial charge >= 0.3 is 12.1 Å². The van der Waals surface area contributed by atoms with Gasteiger partial charge in [-0.25, -0.2) is 19.6 Å². The molecule has 2 rings (SSSR count). The van der Waals surface area contributed by atoms with Crippen LogP contribution < -0.4 is 10.2 Å². The van der Waals surface area contributed by atoms with Crippen molar-refractivity contribution in [2.45, 2.75) is 32.4 Å². The van der Waals surface area contributed by atoms with Gasteiger partial charge in [0.1, 0.15) is 5.60 Å². The average molecular weight is 294 g/mol. The first-order chi connectivity index (χ1) is 9.74. The van der Waals surface area contributed by atoms with E-state index in [0.29, 0.717) is 19.0 Å². The summed E-state index contributed by atoms with van der Waals surface area (Å²) >= 11 is 0. The maximum absolute atomic E-state index is 11.6. The van der Waals surface area contributed by atoms with Crippen LogP contribution in [-0.4, -0.2) is 51.9 Å².